The number of nitrogens with one attached hydrogen (secondary N) is 2. The van der Waals surface area contributed by atoms with Crippen molar-refractivity contribution in [3.05, 3.63) is 29.6 Å². The van der Waals surface area contributed by atoms with Crippen LogP contribution in [0, 0.1) is 22.9 Å². The fraction of sp³-hybridized carbons (Fsp3) is 0.533. The Morgan fingerprint density at radius 3 is 2.57 bits per heavy atom. The second kappa shape index (κ2) is 6.47. The van der Waals surface area contributed by atoms with E-state index < -0.39 is 28.6 Å². The van der Waals surface area contributed by atoms with Gasteiger partial charge < -0.3 is 10.6 Å². The Bertz CT molecular complexity index is 522. The highest BCUT2D eigenvalue weighted by molar-refractivity contribution is 5.95. The fourth-order valence-corrected chi connectivity index (χ4v) is 2.88. The monoisotopic (exact) mass is 300 g/mol. The number of piperidine rings is 1. The lowest BCUT2D eigenvalue weighted by Gasteiger charge is -2.36. The van der Waals surface area contributed by atoms with Gasteiger partial charge in [-0.3, -0.25) is 4.79 Å². The maximum atomic E-state index is 13.7. The van der Waals surface area contributed by atoms with Gasteiger partial charge in [-0.1, -0.05) is 13.3 Å². The van der Waals surface area contributed by atoms with Crippen LogP contribution >= 0.6 is 0 Å². The quantitative estimate of drug-likeness (QED) is 0.838. The molecule has 2 N–H and O–H groups in total. The second-order valence-corrected chi connectivity index (χ2v) is 5.48. The van der Waals surface area contributed by atoms with Crippen molar-refractivity contribution in [1.29, 1.82) is 0 Å². The van der Waals surface area contributed by atoms with Crippen molar-refractivity contribution in [1.82, 2.24) is 5.32 Å². The molecule has 1 aliphatic heterocycles. The summed E-state index contributed by atoms with van der Waals surface area (Å²) < 4.78 is 40.0. The zero-order valence-corrected chi connectivity index (χ0v) is 11.9. The molecule has 0 radical (unpaired) electrons. The third-order valence-corrected chi connectivity index (χ3v) is 4.01. The molecule has 3 nitrogen and oxygen atoms in total. The number of hydrogen-bond donors (Lipinski definition) is 2. The first-order valence-electron chi connectivity index (χ1n) is 7.15. The number of rotatable bonds is 4. The Morgan fingerprint density at radius 2 is 1.95 bits per heavy atom. The van der Waals surface area contributed by atoms with Crippen molar-refractivity contribution in [2.75, 3.05) is 18.4 Å². The molecule has 0 bridgehead atoms. The molecule has 1 amide bonds. The van der Waals surface area contributed by atoms with Gasteiger partial charge in [0.25, 0.3) is 0 Å². The number of amides is 1. The van der Waals surface area contributed by atoms with E-state index in [-0.39, 0.29) is 5.91 Å². The van der Waals surface area contributed by atoms with Gasteiger partial charge in [-0.15, -0.1) is 0 Å². The third-order valence-electron chi connectivity index (χ3n) is 4.01. The number of benzene rings is 1. The summed E-state index contributed by atoms with van der Waals surface area (Å²) in [5, 5.41) is 5.54. The van der Waals surface area contributed by atoms with Crippen LogP contribution in [-0.4, -0.2) is 19.0 Å². The van der Waals surface area contributed by atoms with Gasteiger partial charge in [-0.05, 0) is 32.4 Å². The normalized spacial score (nSPS) is 17.5. The lowest BCUT2D eigenvalue weighted by molar-refractivity contribution is -0.127. The summed E-state index contributed by atoms with van der Waals surface area (Å²) in [6.07, 6.45) is 2.74. The van der Waals surface area contributed by atoms with Gasteiger partial charge in [-0.2, -0.15) is 0 Å². The SMILES string of the molecule is CCCC1(C(=O)Nc2cc(F)cc(F)c2F)CCNCC1. The summed E-state index contributed by atoms with van der Waals surface area (Å²) >= 11 is 0. The minimum absolute atomic E-state index is 0.366. The van der Waals surface area contributed by atoms with Crippen molar-refractivity contribution in [3.8, 4) is 0 Å². The van der Waals surface area contributed by atoms with Gasteiger partial charge in [0, 0.05) is 12.1 Å². The zero-order valence-electron chi connectivity index (χ0n) is 11.9. The van der Waals surface area contributed by atoms with Crippen LogP contribution in [0.5, 0.6) is 0 Å². The average molecular weight is 300 g/mol. The summed E-state index contributed by atoms with van der Waals surface area (Å²) in [5.74, 6) is -3.82. The van der Waals surface area contributed by atoms with Gasteiger partial charge in [0.15, 0.2) is 11.6 Å². The highest BCUT2D eigenvalue weighted by atomic mass is 19.2. The zero-order chi connectivity index (χ0) is 15.5. The van der Waals surface area contributed by atoms with E-state index in [9.17, 15) is 18.0 Å². The summed E-state index contributed by atoms with van der Waals surface area (Å²) in [6.45, 7) is 3.38. The minimum Gasteiger partial charge on any atom is -0.323 e. The average Bonchev–Trinajstić information content (AvgIpc) is 2.45. The van der Waals surface area contributed by atoms with E-state index in [0.717, 1.165) is 12.5 Å². The van der Waals surface area contributed by atoms with Crippen molar-refractivity contribution >= 4 is 11.6 Å². The van der Waals surface area contributed by atoms with Gasteiger partial charge in [0.05, 0.1) is 11.1 Å². The molecule has 1 saturated heterocycles. The van der Waals surface area contributed by atoms with Crippen molar-refractivity contribution in [3.63, 3.8) is 0 Å². The second-order valence-electron chi connectivity index (χ2n) is 5.48. The van der Waals surface area contributed by atoms with E-state index in [1.807, 2.05) is 6.92 Å². The number of hydrogen-bond acceptors (Lipinski definition) is 2. The minimum atomic E-state index is -1.31. The molecular formula is C15H19F3N2O. The highest BCUT2D eigenvalue weighted by Gasteiger charge is 2.38. The molecule has 116 valence electrons. The highest BCUT2D eigenvalue weighted by Crippen LogP contribution is 2.35. The molecule has 0 spiro atoms. The molecule has 1 aliphatic rings. The van der Waals surface area contributed by atoms with Gasteiger partial charge in [0.1, 0.15) is 5.82 Å². The van der Waals surface area contributed by atoms with E-state index in [4.69, 9.17) is 0 Å². The van der Waals surface area contributed by atoms with Gasteiger partial charge in [-0.25, -0.2) is 13.2 Å². The third kappa shape index (κ3) is 3.37. The van der Waals surface area contributed by atoms with Crippen LogP contribution in [0.15, 0.2) is 12.1 Å². The molecule has 6 heteroatoms. The van der Waals surface area contributed by atoms with Crippen LogP contribution < -0.4 is 10.6 Å². The predicted octanol–water partition coefficient (Wildman–Crippen LogP) is 3.21. The lowest BCUT2D eigenvalue weighted by atomic mass is 9.74. The lowest BCUT2D eigenvalue weighted by Crippen LogP contribution is -2.45. The topological polar surface area (TPSA) is 41.1 Å². The van der Waals surface area contributed by atoms with E-state index in [2.05, 4.69) is 10.6 Å². The van der Waals surface area contributed by atoms with Crippen LogP contribution in [0.1, 0.15) is 32.6 Å². The molecule has 0 aromatic heterocycles. The molecule has 1 aromatic rings. The van der Waals surface area contributed by atoms with E-state index in [1.54, 1.807) is 0 Å². The first-order chi connectivity index (χ1) is 9.98. The van der Waals surface area contributed by atoms with E-state index in [1.165, 1.54) is 0 Å². The summed E-state index contributed by atoms with van der Waals surface area (Å²) in [7, 11) is 0. The summed E-state index contributed by atoms with van der Waals surface area (Å²) in [4.78, 5) is 12.5. The Labute approximate surface area is 121 Å². The molecular weight excluding hydrogens is 281 g/mol. The van der Waals surface area contributed by atoms with E-state index in [0.29, 0.717) is 38.4 Å². The van der Waals surface area contributed by atoms with Crippen molar-refractivity contribution in [2.45, 2.75) is 32.6 Å². The maximum absolute atomic E-state index is 13.7. The molecule has 1 heterocycles. The van der Waals surface area contributed by atoms with E-state index >= 15 is 0 Å². The van der Waals surface area contributed by atoms with Crippen LogP contribution in [0.25, 0.3) is 0 Å². The Kier molecular flexibility index (Phi) is 4.88. The Hall–Kier alpha value is -1.56. The summed E-state index contributed by atoms with van der Waals surface area (Å²) in [6, 6.07) is 1.26. The maximum Gasteiger partial charge on any atom is 0.230 e. The molecule has 0 saturated carbocycles. The number of carbonyl (C=O) groups excluding carboxylic acids is 1. The molecule has 1 fully saturated rings. The number of carbonyl (C=O) groups is 1. The molecule has 0 aliphatic carbocycles. The Balaban J connectivity index is 2.23. The van der Waals surface area contributed by atoms with Gasteiger partial charge >= 0.3 is 0 Å². The molecule has 0 atom stereocenters. The predicted molar refractivity (Wildman–Crippen MR) is 74.4 cm³/mol. The van der Waals surface area contributed by atoms with Crippen LogP contribution in [-0.2, 0) is 4.79 Å². The standard InChI is InChI=1S/C15H19F3N2O/c1-2-3-15(4-6-19-7-5-15)14(21)20-12-9-10(16)8-11(17)13(12)18/h8-9,19H,2-7H2,1H3,(H,20,21). The van der Waals surface area contributed by atoms with Crippen LogP contribution in [0.3, 0.4) is 0 Å². The molecule has 2 rings (SSSR count). The van der Waals surface area contributed by atoms with Crippen LogP contribution in [0.2, 0.25) is 0 Å². The first-order valence-corrected chi connectivity index (χ1v) is 7.15. The fourth-order valence-electron chi connectivity index (χ4n) is 2.88. The molecule has 0 unspecified atom stereocenters. The first kappa shape index (κ1) is 15.8. The van der Waals surface area contributed by atoms with Crippen molar-refractivity contribution in [2.24, 2.45) is 5.41 Å². The van der Waals surface area contributed by atoms with Gasteiger partial charge in [0.2, 0.25) is 5.91 Å². The number of anilines is 1. The number of halogens is 3. The van der Waals surface area contributed by atoms with Crippen LogP contribution in [0.4, 0.5) is 18.9 Å². The molecule has 21 heavy (non-hydrogen) atoms. The van der Waals surface area contributed by atoms with Crippen molar-refractivity contribution < 1.29 is 18.0 Å². The summed E-state index contributed by atoms with van der Waals surface area (Å²) in [5.41, 5.74) is -1.04. The largest absolute Gasteiger partial charge is 0.323 e. The Morgan fingerprint density at radius 1 is 1.29 bits per heavy atom. The smallest absolute Gasteiger partial charge is 0.230 e. The molecule has 1 aromatic carbocycles.